The zero-order chi connectivity index (χ0) is 103. The summed E-state index contributed by atoms with van der Waals surface area (Å²) >= 11 is 0. The fourth-order valence-corrected chi connectivity index (χ4v) is 21.6. The van der Waals surface area contributed by atoms with Crippen molar-refractivity contribution in [3.05, 3.63) is 393 Å². The van der Waals surface area contributed by atoms with Gasteiger partial charge in [0.1, 0.15) is 8.07 Å². The maximum Gasteiger partial charge on any atom is 2.00 e. The molecule has 20 rings (SSSR count). The maximum absolute atomic E-state index is 5.74. The second kappa shape index (κ2) is 41.9. The molecule has 11 nitrogen and oxygen atoms in total. The van der Waals surface area contributed by atoms with Gasteiger partial charge in [-0.25, -0.2) is 19.9 Å². The summed E-state index contributed by atoms with van der Waals surface area (Å²) in [5.74, 6) is 24.9. The van der Waals surface area contributed by atoms with Crippen LogP contribution >= 0.6 is 0 Å². The molecular formula is C135H119N11NiSiZn. The molecular weight excluding hydrogens is 1930 g/mol. The van der Waals surface area contributed by atoms with Crippen LogP contribution in [0, 0.1) is 130 Å². The minimum absolute atomic E-state index is 0. The van der Waals surface area contributed by atoms with Crippen LogP contribution in [0.2, 0.25) is 19.6 Å². The standard InChI is InChI=1S/C135H119N11Si.Ni.Zn/c1-24-146(25-2)145-144-105-78-98(77-104(79-105)135(18,19)20)31-28-94-36-44-101(45-37-94)128-110-52-60-116(140-110)130(122-84(7)66-80(3)67-85(122)8)114-56-48-106(136-114)126(107-49-57-115(137-107)131(117-61-53-111(128)141-117)123-86(9)68-81(4)69-87(123)10)99-40-32-92(33-41-99)26-29-96-74-97(76-103(75-96)134(15,16)17)30-27-93-34-42-100(43-35-93)127-108-50-58-118(138-108)132(124-88(11)70-82(5)71-89(124)12)120-62-54-112(142-120)129(102-46-38-95(39-47-102)64-65-147(21,22)23)113-55-63-121(143-113)133(119-59-51-109(127)139-119)125-90(13)72-83(6)73-91(125)14;;/h32-63,66-79H,24-25H2,1-23H3;;/q-4;2*+2. The van der Waals surface area contributed by atoms with E-state index in [1.165, 1.54) is 22.3 Å². The van der Waals surface area contributed by atoms with Gasteiger partial charge < -0.3 is 19.9 Å². The number of hydrogen-bond acceptors (Lipinski definition) is 6. The Kier molecular flexibility index (Phi) is 29.1. The molecule has 0 radical (unpaired) electrons. The van der Waals surface area contributed by atoms with Crippen LogP contribution in [-0.2, 0) is 46.8 Å². The summed E-state index contributed by atoms with van der Waals surface area (Å²) in [7, 11) is -1.64. The predicted octanol–water partition coefficient (Wildman–Crippen LogP) is 32.5. The van der Waals surface area contributed by atoms with E-state index in [1.54, 1.807) is 0 Å². The molecule has 16 aromatic rings. The van der Waals surface area contributed by atoms with Gasteiger partial charge in [-0.15, -0.1) is 54.8 Å². The third kappa shape index (κ3) is 21.7. The van der Waals surface area contributed by atoms with E-state index in [4.69, 9.17) is 39.9 Å². The van der Waals surface area contributed by atoms with Gasteiger partial charge in [-0.05, 0) is 386 Å². The van der Waals surface area contributed by atoms with Crippen molar-refractivity contribution in [1.29, 1.82) is 0 Å². The van der Waals surface area contributed by atoms with Gasteiger partial charge in [0.05, 0.1) is 51.2 Å². The quantitative estimate of drug-likeness (QED) is 0.0507. The molecule has 0 unspecified atom stereocenters. The van der Waals surface area contributed by atoms with Crippen molar-refractivity contribution in [2.45, 2.75) is 169 Å². The average Bonchev–Trinajstić information content (AvgIpc) is 1.61. The number of hydrogen-bond donors (Lipinski definition) is 0. The first-order chi connectivity index (χ1) is 70.5. The maximum atomic E-state index is 5.74. The van der Waals surface area contributed by atoms with Gasteiger partial charge in [-0.1, -0.05) is 276 Å². The molecule has 16 bridgehead atoms. The monoisotopic (exact) mass is 2040 g/mol. The molecule has 0 N–H and O–H groups in total. The fraction of sp³-hybridized carbons (Fsp3) is 0.200. The summed E-state index contributed by atoms with van der Waals surface area (Å²) in [5.41, 5.74) is 54.6. The molecule has 0 spiro atoms. The number of fused-ring (bicyclic) bond motifs is 16. The van der Waals surface area contributed by atoms with Gasteiger partial charge in [0, 0.05) is 52.0 Å². The van der Waals surface area contributed by atoms with Crippen LogP contribution in [0.5, 0.6) is 0 Å². The summed E-state index contributed by atoms with van der Waals surface area (Å²) < 4.78 is 0. The van der Waals surface area contributed by atoms with E-state index in [0.29, 0.717) is 0 Å². The van der Waals surface area contributed by atoms with Crippen molar-refractivity contribution in [1.82, 2.24) is 44.9 Å². The molecule has 14 heteroatoms. The molecule has 6 aromatic heterocycles. The minimum atomic E-state index is -1.64. The molecule has 149 heavy (non-hydrogen) atoms. The van der Waals surface area contributed by atoms with Crippen LogP contribution in [-0.4, -0.2) is 46.1 Å². The smallest absolute Gasteiger partial charge is 0.657 e. The first-order valence-corrected chi connectivity index (χ1v) is 54.4. The fourth-order valence-electron chi connectivity index (χ4n) is 21.1. The van der Waals surface area contributed by atoms with E-state index in [0.717, 1.165) is 292 Å². The van der Waals surface area contributed by atoms with Crippen molar-refractivity contribution in [3.8, 4) is 136 Å². The van der Waals surface area contributed by atoms with Gasteiger partial charge in [0.2, 0.25) is 0 Å². The normalized spacial score (nSPS) is 12.0. The summed E-state index contributed by atoms with van der Waals surface area (Å²) in [6.07, 6.45) is 17.2. The summed E-state index contributed by atoms with van der Waals surface area (Å²) in [6, 6.07) is 82.2. The SMILES string of the molecule is CCN(CC)N=Nc1cc(C#Cc2ccc(-c3c4nc(c(-c5c(C)cc(C)cc5C)c5ccc([n-]5)c(-c5ccc(C#Cc6cc(C#Cc7ccc(-c8c9nc(c(-c%10c(C)cc(C)cc%10C)c%10ccc([n-]%10)c(-c%10ccc(C#C[Si](C)(C)C)cc%10)c%10nc(c(-c%11c(C)cc(C)cc%11C)c%11ccc8[n-]%11)C=C%10)C=C9)cc7)cc(C(C)(C)C)c6)cc5)c5nc(c(-c6c(C)cc(C)cc6C)c6ccc3[n-]6)C=C5)C=C4)cc2)cc(C(C)(C)C)c1.[Ni+2].[Zn+2]. The largest absolute Gasteiger partial charge is 2.00 e. The van der Waals surface area contributed by atoms with Gasteiger partial charge in [0.25, 0.3) is 0 Å². The van der Waals surface area contributed by atoms with Gasteiger partial charge >= 0.3 is 36.0 Å². The molecule has 4 aliphatic rings. The van der Waals surface area contributed by atoms with E-state index in [2.05, 4.69) is 489 Å². The Morgan fingerprint density at radius 3 is 0.711 bits per heavy atom. The molecule has 0 saturated carbocycles. The van der Waals surface area contributed by atoms with Crippen LogP contribution in [0.25, 0.3) is 182 Å². The van der Waals surface area contributed by atoms with Crippen LogP contribution in [0.15, 0.2) is 241 Å². The summed E-state index contributed by atoms with van der Waals surface area (Å²) in [5, 5.41) is 11.2. The molecule has 10 heterocycles. The van der Waals surface area contributed by atoms with Gasteiger partial charge in [-0.2, -0.15) is 0 Å². The molecule has 4 aliphatic heterocycles. The van der Waals surface area contributed by atoms with Crippen molar-refractivity contribution in [2.24, 2.45) is 10.3 Å². The molecule has 0 aliphatic carbocycles. The van der Waals surface area contributed by atoms with Gasteiger partial charge in [-0.3, -0.25) is 5.01 Å². The predicted molar refractivity (Wildman–Crippen MR) is 620 cm³/mol. The number of rotatable bonds is 12. The molecule has 0 atom stereocenters. The van der Waals surface area contributed by atoms with Crippen LogP contribution in [0.1, 0.15) is 218 Å². The zero-order valence-corrected chi connectivity index (χ0v) is 94.4. The number of nitrogens with zero attached hydrogens (tertiary/aromatic N) is 11. The third-order valence-corrected chi connectivity index (χ3v) is 28.7. The molecule has 730 valence electrons. The van der Waals surface area contributed by atoms with Crippen LogP contribution in [0.3, 0.4) is 0 Å². The third-order valence-electron chi connectivity index (χ3n) is 27.9. The Morgan fingerprint density at radius 1 is 0.262 bits per heavy atom. The molecule has 0 fully saturated rings. The summed E-state index contributed by atoms with van der Waals surface area (Å²) in [4.78, 5) is 45.7. The second-order valence-corrected chi connectivity index (χ2v) is 47.5. The topological polar surface area (TPSA) is 136 Å². The number of benzene rings is 10. The van der Waals surface area contributed by atoms with E-state index < -0.39 is 8.07 Å². The van der Waals surface area contributed by atoms with Crippen molar-refractivity contribution >= 4 is 107 Å². The Hall–Kier alpha value is -15.6. The number of aryl methyl sites for hydroxylation is 12. The van der Waals surface area contributed by atoms with E-state index in [1.807, 2.05) is 11.1 Å². The Morgan fingerprint density at radius 2 is 0.477 bits per heavy atom. The molecule has 10 aromatic carbocycles. The zero-order valence-electron chi connectivity index (χ0n) is 89.4. The van der Waals surface area contributed by atoms with E-state index in [9.17, 15) is 0 Å². The van der Waals surface area contributed by atoms with E-state index in [-0.39, 0.29) is 46.8 Å². The van der Waals surface area contributed by atoms with Crippen molar-refractivity contribution in [2.75, 3.05) is 13.1 Å². The minimum Gasteiger partial charge on any atom is -0.657 e. The number of aromatic nitrogens is 8. The van der Waals surface area contributed by atoms with Crippen LogP contribution < -0.4 is 19.9 Å². The van der Waals surface area contributed by atoms with Crippen LogP contribution in [0.4, 0.5) is 5.69 Å². The van der Waals surface area contributed by atoms with Crippen molar-refractivity contribution < 1.29 is 36.0 Å². The van der Waals surface area contributed by atoms with Crippen molar-refractivity contribution in [3.63, 3.8) is 0 Å². The summed E-state index contributed by atoms with van der Waals surface area (Å²) in [6.45, 7) is 52.1. The molecule has 0 saturated heterocycles. The second-order valence-electron chi connectivity index (χ2n) is 42.8. The van der Waals surface area contributed by atoms with Gasteiger partial charge in [0.15, 0.2) is 0 Å². The Bertz CT molecular complexity index is 8760. The molecule has 0 amide bonds. The average molecular weight is 2050 g/mol. The van der Waals surface area contributed by atoms with E-state index >= 15 is 0 Å². The first-order valence-electron chi connectivity index (χ1n) is 50.9. The first kappa shape index (κ1) is 103. The Balaban J connectivity index is 0.00000725. The Labute approximate surface area is 901 Å².